The zero-order valence-corrected chi connectivity index (χ0v) is 14.4. The van der Waals surface area contributed by atoms with E-state index in [2.05, 4.69) is 20.6 Å². The first kappa shape index (κ1) is 22.4. The van der Waals surface area contributed by atoms with E-state index in [0.29, 0.717) is 0 Å². The number of tetrazole rings is 1. The molecule has 0 aliphatic carbocycles. The fourth-order valence-electron chi connectivity index (χ4n) is 2.57. The van der Waals surface area contributed by atoms with Crippen molar-refractivity contribution < 1.29 is 49.4 Å². The summed E-state index contributed by atoms with van der Waals surface area (Å²) < 4.78 is 122. The second-order valence-electron chi connectivity index (χ2n) is 6.07. The summed E-state index contributed by atoms with van der Waals surface area (Å²) >= 11 is 0. The van der Waals surface area contributed by atoms with Crippen LogP contribution >= 0.6 is 0 Å². The van der Waals surface area contributed by atoms with Crippen molar-refractivity contribution in [2.45, 2.75) is 29.7 Å². The van der Waals surface area contributed by atoms with Crippen molar-refractivity contribution >= 4 is 17.4 Å². The van der Waals surface area contributed by atoms with Crippen LogP contribution in [0.25, 0.3) is 0 Å². The molecule has 2 aromatic rings. The number of carbonyl (C=O) groups excluding carboxylic acids is 1. The highest BCUT2D eigenvalue weighted by molar-refractivity contribution is 6.48. The highest BCUT2D eigenvalue weighted by atomic mass is 19.4. The summed E-state index contributed by atoms with van der Waals surface area (Å²) in [4.78, 5) is 12.6. The number of alkyl halides is 9. The molecule has 1 atom stereocenters. The van der Waals surface area contributed by atoms with Crippen LogP contribution in [-0.2, 0) is 5.72 Å². The van der Waals surface area contributed by atoms with Crippen LogP contribution < -0.4 is 5.43 Å². The molecular weight excluding hydrogens is 455 g/mol. The van der Waals surface area contributed by atoms with E-state index in [9.17, 15) is 49.4 Å². The van der Waals surface area contributed by atoms with Crippen molar-refractivity contribution in [2.75, 3.05) is 5.43 Å². The number of hydrazone groups is 1. The van der Waals surface area contributed by atoms with Gasteiger partial charge in [0.1, 0.15) is 0 Å². The smallest absolute Gasteiger partial charge is 0.359 e. The SMILES string of the molecule is O=C(C1=NNc2nnnn2C1(O)C(F)(F)C(F)(F)C(F)(F)C(F)(F)F)c1ccccc1. The molecule has 168 valence electrons. The minimum Gasteiger partial charge on any atom is -0.359 e. The largest absolute Gasteiger partial charge is 0.460 e. The summed E-state index contributed by atoms with van der Waals surface area (Å²) in [5.41, 5.74) is -5.75. The van der Waals surface area contributed by atoms with Crippen LogP contribution in [0.4, 0.5) is 45.5 Å². The van der Waals surface area contributed by atoms with Crippen LogP contribution in [0.5, 0.6) is 0 Å². The van der Waals surface area contributed by atoms with Gasteiger partial charge in [-0.15, -0.1) is 0 Å². The van der Waals surface area contributed by atoms with E-state index in [1.165, 1.54) is 18.2 Å². The van der Waals surface area contributed by atoms with E-state index >= 15 is 0 Å². The van der Waals surface area contributed by atoms with Crippen LogP contribution in [0.15, 0.2) is 35.4 Å². The molecule has 2 N–H and O–H groups in total. The first-order chi connectivity index (χ1) is 14.1. The quantitative estimate of drug-likeness (QED) is 0.523. The third-order valence-electron chi connectivity index (χ3n) is 4.21. The number of rotatable bonds is 5. The monoisotopic (exact) mass is 462 g/mol. The third kappa shape index (κ3) is 2.86. The summed E-state index contributed by atoms with van der Waals surface area (Å²) in [7, 11) is 0. The van der Waals surface area contributed by atoms with E-state index in [1.54, 1.807) is 5.43 Å². The minimum absolute atomic E-state index is 0.556. The van der Waals surface area contributed by atoms with Gasteiger partial charge in [0.2, 0.25) is 5.78 Å². The molecule has 0 saturated heterocycles. The Morgan fingerprint density at radius 2 is 1.55 bits per heavy atom. The zero-order valence-electron chi connectivity index (χ0n) is 14.4. The lowest BCUT2D eigenvalue weighted by atomic mass is 9.86. The Morgan fingerprint density at radius 1 is 0.968 bits per heavy atom. The number of benzene rings is 1. The number of halogens is 9. The number of carbonyl (C=O) groups is 1. The summed E-state index contributed by atoms with van der Waals surface area (Å²) in [6, 6.07) is 5.59. The van der Waals surface area contributed by atoms with Gasteiger partial charge in [0.05, 0.1) is 0 Å². The van der Waals surface area contributed by atoms with E-state index in [-0.39, 0.29) is 0 Å². The van der Waals surface area contributed by atoms with Crippen molar-refractivity contribution in [3.05, 3.63) is 35.9 Å². The van der Waals surface area contributed by atoms with Crippen molar-refractivity contribution in [1.29, 1.82) is 0 Å². The second-order valence-corrected chi connectivity index (χ2v) is 6.07. The van der Waals surface area contributed by atoms with Crippen molar-refractivity contribution in [1.82, 2.24) is 20.2 Å². The molecular formula is C14H7F9N6O2. The molecule has 31 heavy (non-hydrogen) atoms. The molecule has 1 aliphatic rings. The maximum Gasteiger partial charge on any atom is 0.460 e. The summed E-state index contributed by atoms with van der Waals surface area (Å²) in [6.07, 6.45) is -7.16. The number of Topliss-reactive ketones (excluding diaryl/α,β-unsaturated/α-hetero) is 1. The van der Waals surface area contributed by atoms with Crippen LogP contribution in [0.3, 0.4) is 0 Å². The third-order valence-corrected chi connectivity index (χ3v) is 4.21. The van der Waals surface area contributed by atoms with E-state index in [0.717, 1.165) is 12.1 Å². The number of fused-ring (bicyclic) bond motifs is 1. The van der Waals surface area contributed by atoms with Crippen molar-refractivity contribution in [2.24, 2.45) is 5.10 Å². The van der Waals surface area contributed by atoms with Gasteiger partial charge in [-0.25, -0.2) is 5.43 Å². The molecule has 0 fully saturated rings. The Kier molecular flexibility index (Phi) is 4.80. The van der Waals surface area contributed by atoms with E-state index < -0.39 is 57.4 Å². The highest BCUT2D eigenvalue weighted by Crippen LogP contribution is 2.58. The van der Waals surface area contributed by atoms with Crippen LogP contribution in [0, 0.1) is 0 Å². The molecule has 0 saturated carbocycles. The van der Waals surface area contributed by atoms with Gasteiger partial charge >= 0.3 is 23.9 Å². The van der Waals surface area contributed by atoms with Crippen LogP contribution in [-0.4, -0.2) is 60.8 Å². The van der Waals surface area contributed by atoms with Gasteiger partial charge in [-0.1, -0.05) is 35.4 Å². The number of aromatic nitrogens is 4. The van der Waals surface area contributed by atoms with Crippen LogP contribution in [0.1, 0.15) is 10.4 Å². The molecule has 0 amide bonds. The van der Waals surface area contributed by atoms with Gasteiger partial charge in [-0.2, -0.15) is 49.3 Å². The zero-order chi connectivity index (χ0) is 23.5. The van der Waals surface area contributed by atoms with Crippen molar-refractivity contribution in [3.8, 4) is 0 Å². The Hall–Kier alpha value is -3.24. The molecule has 1 aromatic carbocycles. The minimum atomic E-state index is -7.35. The first-order valence-electron chi connectivity index (χ1n) is 7.76. The normalized spacial score (nSPS) is 20.0. The second kappa shape index (κ2) is 6.63. The van der Waals surface area contributed by atoms with Gasteiger partial charge in [0, 0.05) is 5.56 Å². The Morgan fingerprint density at radius 3 is 2.10 bits per heavy atom. The standard InChI is InChI=1S/C14H7F9N6O2/c15-11(16,12(17,18)13(19,20)14(21,22)23)10(31)8(7(30)6-4-2-1-3-5-6)24-25-9-26-27-28-29(9)10/h1-5,31H,(H,25,26,28). The Labute approximate surface area is 164 Å². The van der Waals surface area contributed by atoms with Gasteiger partial charge in [0.15, 0.2) is 5.71 Å². The fraction of sp³-hybridized carbons (Fsp3) is 0.357. The number of anilines is 1. The van der Waals surface area contributed by atoms with Crippen molar-refractivity contribution in [3.63, 3.8) is 0 Å². The summed E-state index contributed by atoms with van der Waals surface area (Å²) in [5, 5.41) is 21.9. The lowest BCUT2D eigenvalue weighted by molar-refractivity contribution is -0.418. The van der Waals surface area contributed by atoms with Gasteiger partial charge < -0.3 is 5.11 Å². The number of hydrogen-bond donors (Lipinski definition) is 2. The number of nitrogens with zero attached hydrogens (tertiary/aromatic N) is 5. The number of ketones is 1. The molecule has 8 nitrogen and oxygen atoms in total. The van der Waals surface area contributed by atoms with Gasteiger partial charge in [-0.05, 0) is 10.4 Å². The molecule has 0 bridgehead atoms. The predicted molar refractivity (Wildman–Crippen MR) is 80.7 cm³/mol. The molecule has 2 heterocycles. The summed E-state index contributed by atoms with van der Waals surface area (Å²) in [5.74, 6) is -24.3. The lowest BCUT2D eigenvalue weighted by Crippen LogP contribution is -2.72. The topological polar surface area (TPSA) is 105 Å². The molecule has 1 unspecified atom stereocenters. The number of aliphatic hydroxyl groups is 1. The van der Waals surface area contributed by atoms with E-state index in [4.69, 9.17) is 0 Å². The molecule has 0 spiro atoms. The molecule has 1 aliphatic heterocycles. The maximum atomic E-state index is 14.8. The molecule has 0 radical (unpaired) electrons. The highest BCUT2D eigenvalue weighted by Gasteiger charge is 2.88. The van der Waals surface area contributed by atoms with Crippen LogP contribution in [0.2, 0.25) is 0 Å². The number of nitrogens with one attached hydrogen (secondary N) is 1. The predicted octanol–water partition coefficient (Wildman–Crippen LogP) is 2.45. The Balaban J connectivity index is 2.26. The fourth-order valence-corrected chi connectivity index (χ4v) is 2.57. The molecule has 3 rings (SSSR count). The van der Waals surface area contributed by atoms with Gasteiger partial charge in [0.25, 0.3) is 11.7 Å². The summed E-state index contributed by atoms with van der Waals surface area (Å²) in [6.45, 7) is 0. The number of hydrogen-bond acceptors (Lipinski definition) is 7. The van der Waals surface area contributed by atoms with E-state index in [1.807, 2.05) is 0 Å². The average molecular weight is 462 g/mol. The van der Waals surface area contributed by atoms with Gasteiger partial charge in [-0.3, -0.25) is 4.79 Å². The maximum absolute atomic E-state index is 14.8. The lowest BCUT2D eigenvalue weighted by Gasteiger charge is -2.42. The molecule has 1 aromatic heterocycles. The first-order valence-corrected chi connectivity index (χ1v) is 7.76. The average Bonchev–Trinajstić information content (AvgIpc) is 3.17. The molecule has 17 heteroatoms. The Bertz CT molecular complexity index is 1040.